The van der Waals surface area contributed by atoms with Crippen LogP contribution in [0.5, 0.6) is 0 Å². The molecule has 108 valence electrons. The molecule has 5 heteroatoms. The molecule has 0 aliphatic rings. The molecule has 2 aromatic rings. The van der Waals surface area contributed by atoms with Crippen molar-refractivity contribution in [3.8, 4) is 0 Å². The number of carbonyl (C=O) groups is 1. The number of hydrogen-bond donors (Lipinski definition) is 1. The van der Waals surface area contributed by atoms with Crippen molar-refractivity contribution >= 4 is 22.4 Å². The van der Waals surface area contributed by atoms with Gasteiger partial charge in [-0.05, 0) is 19.3 Å². The third-order valence-corrected chi connectivity index (χ3v) is 3.92. The third kappa shape index (κ3) is 3.28. The Morgan fingerprint density at radius 3 is 2.90 bits per heavy atom. The highest BCUT2D eigenvalue weighted by Crippen LogP contribution is 2.23. The highest BCUT2D eigenvalue weighted by molar-refractivity contribution is 7.15. The molecule has 20 heavy (non-hydrogen) atoms. The van der Waals surface area contributed by atoms with Crippen molar-refractivity contribution < 1.29 is 9.21 Å². The first-order chi connectivity index (χ1) is 9.51. The average Bonchev–Trinajstić information content (AvgIpc) is 2.95. The van der Waals surface area contributed by atoms with E-state index in [4.69, 9.17) is 4.42 Å². The Balaban J connectivity index is 2.11. The van der Waals surface area contributed by atoms with Crippen LogP contribution in [-0.2, 0) is 12.8 Å². The lowest BCUT2D eigenvalue weighted by molar-refractivity contribution is 0.102. The monoisotopic (exact) mass is 292 g/mol. The summed E-state index contributed by atoms with van der Waals surface area (Å²) in [6.45, 7) is 8.18. The van der Waals surface area contributed by atoms with E-state index in [0.29, 0.717) is 23.0 Å². The van der Waals surface area contributed by atoms with E-state index >= 15 is 0 Å². The zero-order valence-electron chi connectivity index (χ0n) is 12.3. The van der Waals surface area contributed by atoms with E-state index in [1.165, 1.54) is 16.2 Å². The Morgan fingerprint density at radius 2 is 2.25 bits per heavy atom. The largest absolute Gasteiger partial charge is 0.468 e. The van der Waals surface area contributed by atoms with Gasteiger partial charge in [0.1, 0.15) is 5.76 Å². The maximum atomic E-state index is 12.3. The van der Waals surface area contributed by atoms with Crippen molar-refractivity contribution in [1.82, 2.24) is 4.98 Å². The topological polar surface area (TPSA) is 55.1 Å². The molecule has 2 aromatic heterocycles. The van der Waals surface area contributed by atoms with Crippen LogP contribution in [-0.4, -0.2) is 10.9 Å². The first kappa shape index (κ1) is 14.8. The van der Waals surface area contributed by atoms with Crippen LogP contribution in [0.1, 0.15) is 47.3 Å². The molecule has 0 fully saturated rings. The average molecular weight is 292 g/mol. The smallest absolute Gasteiger partial charge is 0.261 e. The Bertz CT molecular complexity index is 599. The van der Waals surface area contributed by atoms with Crippen molar-refractivity contribution in [3.05, 3.63) is 34.2 Å². The molecule has 2 rings (SSSR count). The van der Waals surface area contributed by atoms with Gasteiger partial charge in [-0.25, -0.2) is 4.98 Å². The van der Waals surface area contributed by atoms with Crippen LogP contribution >= 0.6 is 11.3 Å². The third-order valence-electron chi connectivity index (χ3n) is 2.98. The van der Waals surface area contributed by atoms with Crippen LogP contribution in [0.15, 0.2) is 16.9 Å². The number of rotatable bonds is 5. The number of thiazole rings is 1. The minimum absolute atomic E-state index is 0.140. The molecule has 0 radical (unpaired) electrons. The second kappa shape index (κ2) is 6.22. The van der Waals surface area contributed by atoms with Crippen molar-refractivity contribution in [2.24, 2.45) is 5.92 Å². The molecule has 1 N–H and O–H groups in total. The van der Waals surface area contributed by atoms with Crippen LogP contribution in [0.25, 0.3) is 0 Å². The molecule has 2 heterocycles. The second-order valence-electron chi connectivity index (χ2n) is 5.25. The standard InChI is InChI=1S/C15H20N2O2S/c1-5-12-13(10(4)8-19-12)14(18)17-15-16-7-11(20-15)6-9(2)3/h7-9H,5-6H2,1-4H3,(H,16,17,18). The van der Waals surface area contributed by atoms with E-state index in [9.17, 15) is 4.79 Å². The van der Waals surface area contributed by atoms with Gasteiger partial charge in [-0.1, -0.05) is 20.8 Å². The molecule has 0 bridgehead atoms. The zero-order chi connectivity index (χ0) is 14.7. The Labute approximate surface area is 123 Å². The number of anilines is 1. The van der Waals surface area contributed by atoms with Gasteiger partial charge in [0.25, 0.3) is 5.91 Å². The maximum absolute atomic E-state index is 12.3. The van der Waals surface area contributed by atoms with Crippen LogP contribution in [0.3, 0.4) is 0 Å². The summed E-state index contributed by atoms with van der Waals surface area (Å²) in [5.74, 6) is 1.17. The molecule has 0 spiro atoms. The number of aromatic nitrogens is 1. The van der Waals surface area contributed by atoms with E-state index < -0.39 is 0 Å². The van der Waals surface area contributed by atoms with Gasteiger partial charge < -0.3 is 4.42 Å². The maximum Gasteiger partial charge on any atom is 0.261 e. The van der Waals surface area contributed by atoms with E-state index in [2.05, 4.69) is 24.1 Å². The quantitative estimate of drug-likeness (QED) is 0.904. The first-order valence-corrected chi connectivity index (χ1v) is 7.66. The van der Waals surface area contributed by atoms with Crippen LogP contribution in [0.4, 0.5) is 5.13 Å². The first-order valence-electron chi connectivity index (χ1n) is 6.84. The van der Waals surface area contributed by atoms with Gasteiger partial charge >= 0.3 is 0 Å². The van der Waals surface area contributed by atoms with E-state index in [-0.39, 0.29) is 5.91 Å². The number of carbonyl (C=O) groups excluding carboxylic acids is 1. The highest BCUT2D eigenvalue weighted by atomic mass is 32.1. The Kier molecular flexibility index (Phi) is 4.60. The van der Waals surface area contributed by atoms with Gasteiger partial charge in [0.15, 0.2) is 5.13 Å². The number of furan rings is 1. The van der Waals surface area contributed by atoms with Crippen molar-refractivity contribution in [1.29, 1.82) is 0 Å². The highest BCUT2D eigenvalue weighted by Gasteiger charge is 2.18. The molecule has 0 unspecified atom stereocenters. The van der Waals surface area contributed by atoms with Gasteiger partial charge in [0, 0.05) is 23.1 Å². The number of hydrogen-bond acceptors (Lipinski definition) is 4. The number of nitrogens with one attached hydrogen (secondary N) is 1. The number of aryl methyl sites for hydroxylation is 2. The number of nitrogens with zero attached hydrogens (tertiary/aromatic N) is 1. The summed E-state index contributed by atoms with van der Waals surface area (Å²) in [5.41, 5.74) is 1.49. The van der Waals surface area contributed by atoms with Crippen molar-refractivity contribution in [3.63, 3.8) is 0 Å². The molecule has 1 amide bonds. The fourth-order valence-electron chi connectivity index (χ4n) is 2.08. The van der Waals surface area contributed by atoms with Gasteiger partial charge in [0.05, 0.1) is 11.8 Å². The fourth-order valence-corrected chi connectivity index (χ4v) is 3.10. The summed E-state index contributed by atoms with van der Waals surface area (Å²) in [6.07, 6.45) is 5.15. The predicted molar refractivity (Wildman–Crippen MR) is 81.4 cm³/mol. The summed E-state index contributed by atoms with van der Waals surface area (Å²) in [7, 11) is 0. The van der Waals surface area contributed by atoms with Gasteiger partial charge in [-0.2, -0.15) is 0 Å². The zero-order valence-corrected chi connectivity index (χ0v) is 13.1. The van der Waals surface area contributed by atoms with Crippen molar-refractivity contribution in [2.75, 3.05) is 5.32 Å². The van der Waals surface area contributed by atoms with Gasteiger partial charge in [-0.15, -0.1) is 11.3 Å². The lowest BCUT2D eigenvalue weighted by Gasteiger charge is -2.02. The molecule has 0 aliphatic heterocycles. The minimum atomic E-state index is -0.140. The van der Waals surface area contributed by atoms with Gasteiger partial charge in [0.2, 0.25) is 0 Å². The van der Waals surface area contributed by atoms with E-state index in [1.807, 2.05) is 20.0 Å². The molecule has 4 nitrogen and oxygen atoms in total. The van der Waals surface area contributed by atoms with Crippen LogP contribution < -0.4 is 5.32 Å². The lowest BCUT2D eigenvalue weighted by atomic mass is 10.1. The summed E-state index contributed by atoms with van der Waals surface area (Å²) < 4.78 is 5.38. The molecular formula is C15H20N2O2S. The predicted octanol–water partition coefficient (Wildman–Crippen LogP) is 4.06. The minimum Gasteiger partial charge on any atom is -0.468 e. The molecule has 0 saturated carbocycles. The summed E-state index contributed by atoms with van der Waals surface area (Å²) in [4.78, 5) is 17.8. The van der Waals surface area contributed by atoms with E-state index in [1.54, 1.807) is 6.26 Å². The second-order valence-corrected chi connectivity index (χ2v) is 6.37. The van der Waals surface area contributed by atoms with Crippen molar-refractivity contribution in [2.45, 2.75) is 40.5 Å². The van der Waals surface area contributed by atoms with Gasteiger partial charge in [-0.3, -0.25) is 10.1 Å². The Hall–Kier alpha value is -1.62. The number of amides is 1. The molecule has 0 saturated heterocycles. The normalized spacial score (nSPS) is 11.1. The Morgan fingerprint density at radius 1 is 1.50 bits per heavy atom. The van der Waals surface area contributed by atoms with E-state index in [0.717, 1.165) is 17.7 Å². The van der Waals surface area contributed by atoms with Crippen LogP contribution in [0, 0.1) is 12.8 Å². The van der Waals surface area contributed by atoms with Crippen LogP contribution in [0.2, 0.25) is 0 Å². The molecular weight excluding hydrogens is 272 g/mol. The summed E-state index contributed by atoms with van der Waals surface area (Å²) in [5, 5.41) is 3.51. The SMILES string of the molecule is CCc1occ(C)c1C(=O)Nc1ncc(CC(C)C)s1. The molecule has 0 aromatic carbocycles. The fraction of sp³-hybridized carbons (Fsp3) is 0.467. The summed E-state index contributed by atoms with van der Waals surface area (Å²) >= 11 is 1.53. The summed E-state index contributed by atoms with van der Waals surface area (Å²) in [6, 6.07) is 0. The molecule has 0 aliphatic carbocycles. The lowest BCUT2D eigenvalue weighted by Crippen LogP contribution is -2.13. The molecule has 0 atom stereocenters.